The van der Waals surface area contributed by atoms with E-state index in [-0.39, 0.29) is 6.04 Å². The molecular weight excluding hydrogens is 164 g/mol. The Bertz CT molecular complexity index is 225. The van der Waals surface area contributed by atoms with Crippen molar-refractivity contribution in [2.45, 2.75) is 18.9 Å². The SMILES string of the molecule is CS(=O)(=O)N1CCCC1CN. The second-order valence-electron chi connectivity index (χ2n) is 2.91. The Morgan fingerprint density at radius 3 is 2.64 bits per heavy atom. The van der Waals surface area contributed by atoms with Crippen LogP contribution in [0.25, 0.3) is 0 Å². The van der Waals surface area contributed by atoms with Crippen LogP contribution in [0.5, 0.6) is 0 Å². The summed E-state index contributed by atoms with van der Waals surface area (Å²) in [6, 6.07) is 0.0463. The Kier molecular flexibility index (Phi) is 2.51. The summed E-state index contributed by atoms with van der Waals surface area (Å²) in [4.78, 5) is 0. The third-order valence-electron chi connectivity index (χ3n) is 2.02. The molecule has 66 valence electrons. The maximum absolute atomic E-state index is 11.1. The van der Waals surface area contributed by atoms with Crippen molar-refractivity contribution in [2.75, 3.05) is 19.3 Å². The highest BCUT2D eigenvalue weighted by Gasteiger charge is 2.29. The maximum Gasteiger partial charge on any atom is 0.211 e. The number of hydrogen-bond donors (Lipinski definition) is 1. The zero-order chi connectivity index (χ0) is 8.48. The fraction of sp³-hybridized carbons (Fsp3) is 1.00. The average Bonchev–Trinajstić information content (AvgIpc) is 2.31. The van der Waals surface area contributed by atoms with Gasteiger partial charge in [0.1, 0.15) is 0 Å². The van der Waals surface area contributed by atoms with Gasteiger partial charge in [0, 0.05) is 19.1 Å². The second kappa shape index (κ2) is 3.08. The molecule has 0 aliphatic carbocycles. The van der Waals surface area contributed by atoms with E-state index in [4.69, 9.17) is 5.73 Å². The van der Waals surface area contributed by atoms with Gasteiger partial charge in [0.25, 0.3) is 0 Å². The van der Waals surface area contributed by atoms with Crippen LogP contribution in [0.1, 0.15) is 12.8 Å². The first-order valence-electron chi connectivity index (χ1n) is 3.72. The minimum absolute atomic E-state index is 0.0463. The molecule has 0 aromatic heterocycles. The molecule has 1 atom stereocenters. The van der Waals surface area contributed by atoms with Crippen LogP contribution in [-0.4, -0.2) is 38.1 Å². The van der Waals surface area contributed by atoms with Crippen molar-refractivity contribution in [3.8, 4) is 0 Å². The van der Waals surface area contributed by atoms with Gasteiger partial charge in [0.15, 0.2) is 0 Å². The molecule has 1 fully saturated rings. The molecular formula is C6H14N2O2S. The van der Waals surface area contributed by atoms with Gasteiger partial charge >= 0.3 is 0 Å². The van der Waals surface area contributed by atoms with Crippen molar-refractivity contribution in [3.05, 3.63) is 0 Å². The van der Waals surface area contributed by atoms with Gasteiger partial charge in [-0.1, -0.05) is 0 Å². The van der Waals surface area contributed by atoms with Gasteiger partial charge in [-0.15, -0.1) is 0 Å². The average molecular weight is 178 g/mol. The number of nitrogens with zero attached hydrogens (tertiary/aromatic N) is 1. The molecule has 4 nitrogen and oxygen atoms in total. The number of hydrogen-bond acceptors (Lipinski definition) is 3. The van der Waals surface area contributed by atoms with Crippen LogP contribution in [0.2, 0.25) is 0 Å². The van der Waals surface area contributed by atoms with Gasteiger partial charge in [-0.05, 0) is 12.8 Å². The van der Waals surface area contributed by atoms with Crippen LogP contribution in [0.3, 0.4) is 0 Å². The molecule has 1 saturated heterocycles. The predicted molar refractivity (Wildman–Crippen MR) is 43.6 cm³/mol. The lowest BCUT2D eigenvalue weighted by atomic mass is 10.2. The van der Waals surface area contributed by atoms with Crippen LogP contribution < -0.4 is 5.73 Å². The topological polar surface area (TPSA) is 63.4 Å². The van der Waals surface area contributed by atoms with E-state index in [9.17, 15) is 8.42 Å². The van der Waals surface area contributed by atoms with Crippen molar-refractivity contribution in [2.24, 2.45) is 5.73 Å². The summed E-state index contributed by atoms with van der Waals surface area (Å²) in [6.45, 7) is 1.08. The van der Waals surface area contributed by atoms with Gasteiger partial charge < -0.3 is 5.73 Å². The summed E-state index contributed by atoms with van der Waals surface area (Å²) in [5.74, 6) is 0. The highest BCUT2D eigenvalue weighted by atomic mass is 32.2. The molecule has 5 heteroatoms. The number of rotatable bonds is 2. The largest absolute Gasteiger partial charge is 0.329 e. The zero-order valence-corrected chi connectivity index (χ0v) is 7.47. The first-order valence-corrected chi connectivity index (χ1v) is 5.57. The van der Waals surface area contributed by atoms with Crippen LogP contribution in [0, 0.1) is 0 Å². The van der Waals surface area contributed by atoms with Crippen molar-refractivity contribution in [1.29, 1.82) is 0 Å². The summed E-state index contributed by atoms with van der Waals surface area (Å²) in [7, 11) is -3.01. The Morgan fingerprint density at radius 2 is 2.27 bits per heavy atom. The maximum atomic E-state index is 11.1. The van der Waals surface area contributed by atoms with Gasteiger partial charge in [-0.25, -0.2) is 8.42 Å². The van der Waals surface area contributed by atoms with E-state index in [1.165, 1.54) is 10.6 Å². The minimum Gasteiger partial charge on any atom is -0.329 e. The van der Waals surface area contributed by atoms with Gasteiger partial charge in [0.05, 0.1) is 6.26 Å². The van der Waals surface area contributed by atoms with Crippen molar-refractivity contribution in [1.82, 2.24) is 4.31 Å². The molecule has 0 spiro atoms. The quantitative estimate of drug-likeness (QED) is 0.612. The summed E-state index contributed by atoms with van der Waals surface area (Å²) in [6.07, 6.45) is 3.08. The first kappa shape index (κ1) is 8.96. The molecule has 1 rings (SSSR count). The molecule has 0 saturated carbocycles. The van der Waals surface area contributed by atoms with Crippen molar-refractivity contribution < 1.29 is 8.42 Å². The fourth-order valence-corrected chi connectivity index (χ4v) is 2.68. The molecule has 0 aromatic rings. The second-order valence-corrected chi connectivity index (χ2v) is 4.84. The van der Waals surface area contributed by atoms with E-state index in [2.05, 4.69) is 0 Å². The summed E-state index contributed by atoms with van der Waals surface area (Å²) in [5.41, 5.74) is 5.41. The lowest BCUT2D eigenvalue weighted by Crippen LogP contribution is -2.39. The standard InChI is InChI=1S/C6H14N2O2S/c1-11(9,10)8-4-2-3-6(8)5-7/h6H,2-5,7H2,1H3. The summed E-state index contributed by atoms with van der Waals surface area (Å²) < 4.78 is 23.6. The summed E-state index contributed by atoms with van der Waals surface area (Å²) in [5, 5.41) is 0. The van der Waals surface area contributed by atoms with E-state index < -0.39 is 10.0 Å². The van der Waals surface area contributed by atoms with Crippen LogP contribution in [-0.2, 0) is 10.0 Å². The normalized spacial score (nSPS) is 27.6. The molecule has 0 radical (unpaired) electrons. The lowest BCUT2D eigenvalue weighted by molar-refractivity contribution is 0.396. The zero-order valence-electron chi connectivity index (χ0n) is 6.66. The Balaban J connectivity index is 2.72. The molecule has 0 aromatic carbocycles. The number of sulfonamides is 1. The smallest absolute Gasteiger partial charge is 0.211 e. The predicted octanol–water partition coefficient (Wildman–Crippen LogP) is -0.631. The van der Waals surface area contributed by atoms with Crippen LogP contribution in [0.15, 0.2) is 0 Å². The van der Waals surface area contributed by atoms with Gasteiger partial charge in [-0.2, -0.15) is 4.31 Å². The molecule has 0 amide bonds. The third-order valence-corrected chi connectivity index (χ3v) is 3.35. The van der Waals surface area contributed by atoms with Crippen LogP contribution in [0.4, 0.5) is 0 Å². The highest BCUT2D eigenvalue weighted by Crippen LogP contribution is 2.18. The monoisotopic (exact) mass is 178 g/mol. The molecule has 1 heterocycles. The molecule has 2 N–H and O–H groups in total. The molecule has 1 unspecified atom stereocenters. The molecule has 0 bridgehead atoms. The number of nitrogens with two attached hydrogens (primary N) is 1. The van der Waals surface area contributed by atoms with Crippen molar-refractivity contribution >= 4 is 10.0 Å². The van der Waals surface area contributed by atoms with Crippen molar-refractivity contribution in [3.63, 3.8) is 0 Å². The molecule has 11 heavy (non-hydrogen) atoms. The first-order chi connectivity index (χ1) is 5.05. The van der Waals surface area contributed by atoms with E-state index in [1.807, 2.05) is 0 Å². The highest BCUT2D eigenvalue weighted by molar-refractivity contribution is 7.88. The summed E-state index contributed by atoms with van der Waals surface area (Å²) >= 11 is 0. The Morgan fingerprint density at radius 1 is 1.64 bits per heavy atom. The minimum atomic E-state index is -3.01. The Hall–Kier alpha value is -0.130. The lowest BCUT2D eigenvalue weighted by Gasteiger charge is -2.19. The third kappa shape index (κ3) is 1.91. The van der Waals surface area contributed by atoms with E-state index in [1.54, 1.807) is 0 Å². The van der Waals surface area contributed by atoms with Gasteiger partial charge in [0.2, 0.25) is 10.0 Å². The van der Waals surface area contributed by atoms with E-state index in [0.717, 1.165) is 12.8 Å². The fourth-order valence-electron chi connectivity index (χ4n) is 1.48. The molecule has 1 aliphatic rings. The van der Waals surface area contributed by atoms with E-state index in [0.29, 0.717) is 13.1 Å². The Labute approximate surface area is 67.4 Å². The van der Waals surface area contributed by atoms with E-state index >= 15 is 0 Å². The van der Waals surface area contributed by atoms with Gasteiger partial charge in [-0.3, -0.25) is 0 Å². The van der Waals surface area contributed by atoms with Crippen LogP contribution >= 0.6 is 0 Å². The molecule has 1 aliphatic heterocycles.